The van der Waals surface area contributed by atoms with Gasteiger partial charge in [-0.05, 0) is 24.3 Å². The van der Waals surface area contributed by atoms with Crippen molar-refractivity contribution in [2.45, 2.75) is 5.03 Å². The first-order chi connectivity index (χ1) is 12.6. The average Bonchev–Trinajstić information content (AvgIpc) is 3.39. The van der Waals surface area contributed by atoms with Gasteiger partial charge in [-0.1, -0.05) is 6.07 Å². The molecule has 0 atom stereocenters. The maximum atomic E-state index is 13.2. The van der Waals surface area contributed by atoms with Gasteiger partial charge in [0.15, 0.2) is 5.03 Å². The molecule has 5 heterocycles. The lowest BCUT2D eigenvalue weighted by Gasteiger charge is -2.06. The third-order valence-electron chi connectivity index (χ3n) is 4.12. The molecule has 0 amide bonds. The molecule has 0 aliphatic rings. The van der Waals surface area contributed by atoms with Crippen molar-refractivity contribution in [2.24, 2.45) is 0 Å². The highest BCUT2D eigenvalue weighted by molar-refractivity contribution is 7.90. The van der Waals surface area contributed by atoms with E-state index in [4.69, 9.17) is 4.42 Å². The smallest absolute Gasteiger partial charge is 0.301 e. The summed E-state index contributed by atoms with van der Waals surface area (Å²) in [5.41, 5.74) is 2.95. The Bertz CT molecular complexity index is 1350. The molecule has 5 aromatic heterocycles. The Hall–Kier alpha value is -3.46. The van der Waals surface area contributed by atoms with E-state index >= 15 is 0 Å². The van der Waals surface area contributed by atoms with Crippen LogP contribution in [0.1, 0.15) is 0 Å². The Morgan fingerprint density at radius 2 is 1.92 bits per heavy atom. The molecule has 0 aliphatic heterocycles. The maximum absolute atomic E-state index is 13.2. The van der Waals surface area contributed by atoms with E-state index in [1.807, 2.05) is 0 Å². The molecule has 128 valence electrons. The highest BCUT2D eigenvalue weighted by atomic mass is 32.2. The van der Waals surface area contributed by atoms with Crippen LogP contribution in [0, 0.1) is 0 Å². The number of furan rings is 1. The minimum Gasteiger partial charge on any atom is -0.472 e. The Balaban J connectivity index is 1.74. The quantitative estimate of drug-likeness (QED) is 0.488. The largest absolute Gasteiger partial charge is 0.472 e. The Morgan fingerprint density at radius 1 is 1.00 bits per heavy atom. The van der Waals surface area contributed by atoms with E-state index in [1.165, 1.54) is 16.8 Å². The fourth-order valence-corrected chi connectivity index (χ4v) is 4.20. The Kier molecular flexibility index (Phi) is 3.01. The molecular weight excluding hydrogens is 354 g/mol. The maximum Gasteiger partial charge on any atom is 0.301 e. The molecular formula is C17H11N5O3S. The molecule has 0 radical (unpaired) electrons. The van der Waals surface area contributed by atoms with Crippen molar-refractivity contribution < 1.29 is 12.8 Å². The molecule has 26 heavy (non-hydrogen) atoms. The average molecular weight is 365 g/mol. The number of hydrogen-bond donors (Lipinski definition) is 0. The van der Waals surface area contributed by atoms with Gasteiger partial charge in [-0.25, -0.2) is 4.98 Å². The van der Waals surface area contributed by atoms with Gasteiger partial charge in [0.25, 0.3) is 0 Å². The van der Waals surface area contributed by atoms with E-state index < -0.39 is 10.0 Å². The van der Waals surface area contributed by atoms with Crippen LogP contribution in [0.2, 0.25) is 0 Å². The highest BCUT2D eigenvalue weighted by Crippen LogP contribution is 2.25. The minimum atomic E-state index is -3.95. The standard InChI is InChI=1S/C17H11N5O3S/c23-26(24,17-10-19-16-3-1-2-5-21(16)17)22-15-7-13(12-4-6-25-11-12)8-18-14(15)9-20-22/h1-11H. The predicted molar refractivity (Wildman–Crippen MR) is 93.0 cm³/mol. The number of imidazole rings is 1. The van der Waals surface area contributed by atoms with Gasteiger partial charge in [-0.2, -0.15) is 17.6 Å². The van der Waals surface area contributed by atoms with Crippen molar-refractivity contribution in [1.82, 2.24) is 23.6 Å². The van der Waals surface area contributed by atoms with E-state index in [-0.39, 0.29) is 5.03 Å². The first-order valence-electron chi connectivity index (χ1n) is 7.69. The SMILES string of the molecule is O=S(=O)(c1cnc2ccccn12)n1ncc2ncc(-c3ccoc3)cc21. The van der Waals surface area contributed by atoms with Gasteiger partial charge in [-0.15, -0.1) is 0 Å². The van der Waals surface area contributed by atoms with Gasteiger partial charge in [0.05, 0.1) is 24.9 Å². The molecule has 0 aliphatic carbocycles. The van der Waals surface area contributed by atoms with Crippen molar-refractivity contribution in [3.05, 3.63) is 67.6 Å². The first kappa shape index (κ1) is 14.8. The second-order valence-electron chi connectivity index (χ2n) is 5.66. The topological polar surface area (TPSA) is 95.3 Å². The van der Waals surface area contributed by atoms with E-state index in [1.54, 1.807) is 55.3 Å². The second-order valence-corrected chi connectivity index (χ2v) is 7.37. The summed E-state index contributed by atoms with van der Waals surface area (Å²) in [6, 6.07) is 8.78. The lowest BCUT2D eigenvalue weighted by atomic mass is 10.1. The molecule has 0 aromatic carbocycles. The van der Waals surface area contributed by atoms with Crippen LogP contribution in [0.25, 0.3) is 27.8 Å². The summed E-state index contributed by atoms with van der Waals surface area (Å²) >= 11 is 0. The first-order valence-corrected chi connectivity index (χ1v) is 9.13. The molecule has 9 heteroatoms. The van der Waals surface area contributed by atoms with Crippen molar-refractivity contribution >= 4 is 26.7 Å². The molecule has 5 aromatic rings. The molecule has 5 rings (SSSR count). The van der Waals surface area contributed by atoms with Crippen molar-refractivity contribution in [2.75, 3.05) is 0 Å². The van der Waals surface area contributed by atoms with E-state index in [0.717, 1.165) is 15.2 Å². The minimum absolute atomic E-state index is 0.0341. The third kappa shape index (κ3) is 2.07. The summed E-state index contributed by atoms with van der Waals surface area (Å²) in [4.78, 5) is 8.45. The summed E-state index contributed by atoms with van der Waals surface area (Å²) in [5, 5.41) is 4.09. The van der Waals surface area contributed by atoms with Gasteiger partial charge in [0.1, 0.15) is 16.7 Å². The van der Waals surface area contributed by atoms with Crippen LogP contribution in [0.5, 0.6) is 0 Å². The lowest BCUT2D eigenvalue weighted by Crippen LogP contribution is -2.16. The summed E-state index contributed by atoms with van der Waals surface area (Å²) in [5.74, 6) is 0. The fourth-order valence-electron chi connectivity index (χ4n) is 2.85. The van der Waals surface area contributed by atoms with Gasteiger partial charge >= 0.3 is 10.0 Å². The molecule has 8 nitrogen and oxygen atoms in total. The lowest BCUT2D eigenvalue weighted by molar-refractivity contribution is 0.568. The fraction of sp³-hybridized carbons (Fsp3) is 0. The van der Waals surface area contributed by atoms with Crippen LogP contribution in [-0.4, -0.2) is 32.0 Å². The Morgan fingerprint density at radius 3 is 2.77 bits per heavy atom. The molecule has 0 saturated heterocycles. The van der Waals surface area contributed by atoms with Crippen molar-refractivity contribution in [3.63, 3.8) is 0 Å². The molecule has 0 N–H and O–H groups in total. The summed E-state index contributed by atoms with van der Waals surface area (Å²) < 4.78 is 33.9. The van der Waals surface area contributed by atoms with E-state index in [9.17, 15) is 8.42 Å². The van der Waals surface area contributed by atoms with Crippen molar-refractivity contribution in [1.29, 1.82) is 0 Å². The van der Waals surface area contributed by atoms with Crippen LogP contribution in [-0.2, 0) is 10.0 Å². The summed E-state index contributed by atoms with van der Waals surface area (Å²) in [7, 11) is -3.95. The third-order valence-corrected chi connectivity index (χ3v) is 5.69. The Labute approximate surface area is 147 Å². The zero-order valence-electron chi connectivity index (χ0n) is 13.2. The van der Waals surface area contributed by atoms with Crippen LogP contribution in [0.3, 0.4) is 0 Å². The molecule has 0 spiro atoms. The van der Waals surface area contributed by atoms with Crippen LogP contribution < -0.4 is 0 Å². The zero-order chi connectivity index (χ0) is 17.7. The number of fused-ring (bicyclic) bond motifs is 2. The van der Waals surface area contributed by atoms with Gasteiger partial charge in [0.2, 0.25) is 0 Å². The molecule has 0 bridgehead atoms. The molecule has 0 unspecified atom stereocenters. The van der Waals surface area contributed by atoms with Crippen LogP contribution >= 0.6 is 0 Å². The number of hydrogen-bond acceptors (Lipinski definition) is 6. The summed E-state index contributed by atoms with van der Waals surface area (Å²) in [6.07, 6.45) is 9.17. The number of pyridine rings is 2. The highest BCUT2D eigenvalue weighted by Gasteiger charge is 2.25. The van der Waals surface area contributed by atoms with Gasteiger partial charge in [-0.3, -0.25) is 9.38 Å². The predicted octanol–water partition coefficient (Wildman–Crippen LogP) is 2.58. The van der Waals surface area contributed by atoms with Crippen molar-refractivity contribution in [3.8, 4) is 11.1 Å². The van der Waals surface area contributed by atoms with Crippen LogP contribution in [0.15, 0.2) is 77.1 Å². The van der Waals surface area contributed by atoms with Gasteiger partial charge < -0.3 is 4.42 Å². The monoisotopic (exact) mass is 365 g/mol. The normalized spacial score (nSPS) is 12.2. The number of rotatable bonds is 3. The second kappa shape index (κ2) is 5.27. The molecule has 0 fully saturated rings. The van der Waals surface area contributed by atoms with Crippen LogP contribution in [0.4, 0.5) is 0 Å². The zero-order valence-corrected chi connectivity index (χ0v) is 14.0. The van der Waals surface area contributed by atoms with Gasteiger partial charge in [0, 0.05) is 23.5 Å². The molecule has 0 saturated carbocycles. The summed E-state index contributed by atoms with van der Waals surface area (Å²) in [6.45, 7) is 0. The van der Waals surface area contributed by atoms with E-state index in [2.05, 4.69) is 15.1 Å². The van der Waals surface area contributed by atoms with E-state index in [0.29, 0.717) is 16.7 Å². The number of nitrogens with zero attached hydrogens (tertiary/aromatic N) is 5. The number of aromatic nitrogens is 5.